The Bertz CT molecular complexity index is 2000. The highest BCUT2D eigenvalue weighted by atomic mass is 31.2. The zero-order valence-corrected chi connectivity index (χ0v) is 24.5. The van der Waals surface area contributed by atoms with Crippen LogP contribution in [0, 0.1) is 0 Å². The Hall–Kier alpha value is -4.67. The van der Waals surface area contributed by atoms with Crippen molar-refractivity contribution in [2.24, 2.45) is 0 Å². The second-order valence-corrected chi connectivity index (χ2v) is 14.2. The van der Waals surface area contributed by atoms with Crippen molar-refractivity contribution in [2.45, 2.75) is 12.4 Å². The minimum absolute atomic E-state index is 0.552. The lowest BCUT2D eigenvalue weighted by Gasteiger charge is -2.36. The van der Waals surface area contributed by atoms with Gasteiger partial charge in [0, 0.05) is 16.5 Å². The van der Waals surface area contributed by atoms with E-state index in [0.717, 1.165) is 61.8 Å². The van der Waals surface area contributed by atoms with Crippen LogP contribution in [0.2, 0.25) is 0 Å². The summed E-state index contributed by atoms with van der Waals surface area (Å²) in [5.41, 5.74) is 1.10. The molecule has 0 N–H and O–H groups in total. The molecule has 222 valence electrons. The quantitative estimate of drug-likeness (QED) is 0.135. The lowest BCUT2D eigenvalue weighted by molar-refractivity contribution is -0.138. The van der Waals surface area contributed by atoms with Crippen LogP contribution in [0.1, 0.15) is 27.8 Å². The first-order chi connectivity index (χ1) is 21.6. The third-order valence-corrected chi connectivity index (χ3v) is 12.8. The minimum Gasteiger partial charge on any atom is -0.166 e. The van der Waals surface area contributed by atoms with Gasteiger partial charge in [0.05, 0.1) is 11.1 Å². The van der Waals surface area contributed by atoms with Crippen molar-refractivity contribution in [3.05, 3.63) is 173 Å². The van der Waals surface area contributed by atoms with Crippen LogP contribution in [0.25, 0.3) is 21.7 Å². The smallest absolute Gasteiger partial charge is 0.166 e. The number of hydrogen-bond acceptors (Lipinski definition) is 0. The van der Waals surface area contributed by atoms with Crippen LogP contribution >= 0.6 is 7.26 Å². The Kier molecular flexibility index (Phi) is 6.94. The van der Waals surface area contributed by atoms with E-state index in [-0.39, 0.29) is 0 Å². The normalized spacial score (nSPS) is 14.5. The predicted octanol–water partition coefficient (Wildman–Crippen LogP) is 10.1. The summed E-state index contributed by atoms with van der Waals surface area (Å²) in [6, 6.07) is 42.0. The highest BCUT2D eigenvalue weighted by molar-refractivity contribution is 8.04. The first-order valence-electron chi connectivity index (χ1n) is 14.2. The topological polar surface area (TPSA) is 0 Å². The van der Waals surface area contributed by atoms with Gasteiger partial charge in [-0.3, -0.25) is 0 Å². The van der Waals surface area contributed by atoms with Crippen molar-refractivity contribution in [3.63, 3.8) is 0 Å². The van der Waals surface area contributed by atoms with E-state index in [4.69, 9.17) is 0 Å². The van der Waals surface area contributed by atoms with E-state index in [1.807, 2.05) is 91.0 Å². The molecule has 7 rings (SSSR count). The standard InChI is InChI=1S/C38H24F6P/c39-37(40,41)28-21-17-26(18-22-28)35-32-15-7-9-25-10-8-16-33(34(25)32)45(30-11-3-1-4-12-30,31-13-5-2-6-14-31)36(35)27-19-23-29(24-20-27)38(42,43)44/h1-24H/q+1. The third kappa shape index (κ3) is 4.76. The zero-order valence-electron chi connectivity index (χ0n) is 23.6. The van der Waals surface area contributed by atoms with Crippen LogP contribution < -0.4 is 15.9 Å². The van der Waals surface area contributed by atoms with Gasteiger partial charge < -0.3 is 0 Å². The zero-order chi connectivity index (χ0) is 31.4. The van der Waals surface area contributed by atoms with Gasteiger partial charge >= 0.3 is 12.4 Å². The lowest BCUT2D eigenvalue weighted by atomic mass is 9.90. The Morgan fingerprint density at radius 3 is 1.38 bits per heavy atom. The summed E-state index contributed by atoms with van der Waals surface area (Å²) in [6.07, 6.45) is -9.05. The molecular formula is C38H24F6P+. The van der Waals surface area contributed by atoms with Crippen LogP contribution in [0.4, 0.5) is 26.3 Å². The van der Waals surface area contributed by atoms with Crippen LogP contribution in [-0.4, -0.2) is 0 Å². The van der Waals surface area contributed by atoms with Gasteiger partial charge in [0.2, 0.25) is 0 Å². The second kappa shape index (κ2) is 10.7. The summed E-state index contributed by atoms with van der Waals surface area (Å²) in [7, 11) is -2.88. The molecule has 1 aliphatic rings. The summed E-state index contributed by atoms with van der Waals surface area (Å²) in [5, 5.41) is 5.75. The number of halogens is 6. The number of alkyl halides is 6. The Morgan fingerprint density at radius 2 is 0.889 bits per heavy atom. The fourth-order valence-corrected chi connectivity index (χ4v) is 11.4. The van der Waals surface area contributed by atoms with Gasteiger partial charge in [-0.25, -0.2) is 0 Å². The van der Waals surface area contributed by atoms with Crippen molar-refractivity contribution in [1.29, 1.82) is 0 Å². The molecule has 1 aliphatic heterocycles. The average molecular weight is 626 g/mol. The number of benzene rings is 6. The van der Waals surface area contributed by atoms with Crippen molar-refractivity contribution < 1.29 is 26.3 Å². The molecule has 0 saturated heterocycles. The van der Waals surface area contributed by atoms with Crippen molar-refractivity contribution in [3.8, 4) is 0 Å². The molecule has 0 radical (unpaired) electrons. The van der Waals surface area contributed by atoms with Crippen LogP contribution in [0.3, 0.4) is 0 Å². The largest absolute Gasteiger partial charge is 0.416 e. The summed E-state index contributed by atoms with van der Waals surface area (Å²) in [4.78, 5) is 0. The van der Waals surface area contributed by atoms with Crippen molar-refractivity contribution in [2.75, 3.05) is 0 Å². The SMILES string of the molecule is FC(F)(F)c1ccc(C2=C(c3ccc(C(F)(F)F)cc3)[P+](c3ccccc3)(c3ccccc3)c3cccc4cccc2c34)cc1. The molecule has 0 saturated carbocycles. The van der Waals surface area contributed by atoms with Gasteiger partial charge in [-0.1, -0.05) is 91.0 Å². The molecule has 0 atom stereocenters. The molecule has 0 unspecified atom stereocenters. The molecule has 0 nitrogen and oxygen atoms in total. The van der Waals surface area contributed by atoms with Crippen molar-refractivity contribution >= 4 is 44.8 Å². The maximum Gasteiger partial charge on any atom is 0.416 e. The molecule has 0 spiro atoms. The molecule has 0 aromatic heterocycles. The maximum atomic E-state index is 13.8. The fraction of sp³-hybridized carbons (Fsp3) is 0.0526. The van der Waals surface area contributed by atoms with Crippen LogP contribution in [0.15, 0.2) is 146 Å². The van der Waals surface area contributed by atoms with Crippen molar-refractivity contribution in [1.82, 2.24) is 0 Å². The monoisotopic (exact) mass is 625 g/mol. The predicted molar refractivity (Wildman–Crippen MR) is 171 cm³/mol. The van der Waals surface area contributed by atoms with E-state index in [1.165, 1.54) is 24.3 Å². The lowest BCUT2D eigenvalue weighted by Crippen LogP contribution is -2.35. The maximum absolute atomic E-state index is 13.8. The summed E-state index contributed by atoms with van der Waals surface area (Å²) >= 11 is 0. The van der Waals surface area contributed by atoms with E-state index in [0.29, 0.717) is 16.7 Å². The van der Waals surface area contributed by atoms with Gasteiger partial charge in [0.15, 0.2) is 0 Å². The van der Waals surface area contributed by atoms with Gasteiger partial charge in [-0.2, -0.15) is 26.3 Å². The van der Waals surface area contributed by atoms with E-state index < -0.39 is 30.7 Å². The second-order valence-electron chi connectivity index (χ2n) is 10.9. The van der Waals surface area contributed by atoms with E-state index in [1.54, 1.807) is 0 Å². The average Bonchev–Trinajstić information content (AvgIpc) is 3.05. The van der Waals surface area contributed by atoms with E-state index >= 15 is 0 Å². The number of hydrogen-bond donors (Lipinski definition) is 0. The molecule has 0 aliphatic carbocycles. The molecule has 0 bridgehead atoms. The first-order valence-corrected chi connectivity index (χ1v) is 16.0. The fourth-order valence-electron chi connectivity index (χ4n) is 6.49. The summed E-state index contributed by atoms with van der Waals surface area (Å²) in [6.45, 7) is 0. The van der Waals surface area contributed by atoms with Crippen LogP contribution in [0.5, 0.6) is 0 Å². The third-order valence-electron chi connectivity index (χ3n) is 8.36. The molecule has 6 aromatic rings. The summed E-state index contributed by atoms with van der Waals surface area (Å²) in [5.74, 6) is 0. The van der Waals surface area contributed by atoms with Gasteiger partial charge in [-0.15, -0.1) is 0 Å². The highest BCUT2D eigenvalue weighted by Crippen LogP contribution is 2.71. The molecular weight excluding hydrogens is 601 g/mol. The van der Waals surface area contributed by atoms with Gasteiger partial charge in [0.25, 0.3) is 0 Å². The highest BCUT2D eigenvalue weighted by Gasteiger charge is 2.55. The Balaban J connectivity index is 1.70. The number of rotatable bonds is 4. The molecule has 1 heterocycles. The summed E-state index contributed by atoms with van der Waals surface area (Å²) < 4.78 is 82.4. The van der Waals surface area contributed by atoms with E-state index in [2.05, 4.69) is 6.07 Å². The van der Waals surface area contributed by atoms with Gasteiger partial charge in [0.1, 0.15) is 28.5 Å². The Morgan fingerprint density at radius 1 is 0.422 bits per heavy atom. The van der Waals surface area contributed by atoms with Gasteiger partial charge in [-0.05, 0) is 71.1 Å². The molecule has 0 fully saturated rings. The molecule has 0 amide bonds. The molecule has 45 heavy (non-hydrogen) atoms. The first kappa shape index (κ1) is 29.1. The van der Waals surface area contributed by atoms with E-state index in [9.17, 15) is 26.3 Å². The molecule has 6 aromatic carbocycles. The molecule has 7 heteroatoms. The Labute approximate surface area is 256 Å². The van der Waals surface area contributed by atoms with Crippen LogP contribution in [-0.2, 0) is 12.4 Å². The minimum atomic E-state index is -4.53.